The van der Waals surface area contributed by atoms with Crippen LogP contribution in [0.5, 0.6) is 0 Å². The lowest BCUT2D eigenvalue weighted by atomic mass is 10.1. The molecule has 1 fully saturated rings. The molecule has 2 aliphatic heterocycles. The van der Waals surface area contributed by atoms with E-state index < -0.39 is 6.09 Å². The fraction of sp³-hybridized carbons (Fsp3) is 0.440. The highest BCUT2D eigenvalue weighted by atomic mass is 35.5. The van der Waals surface area contributed by atoms with Crippen molar-refractivity contribution in [2.45, 2.75) is 45.1 Å². The van der Waals surface area contributed by atoms with Crippen molar-refractivity contribution in [2.24, 2.45) is 4.99 Å². The van der Waals surface area contributed by atoms with Gasteiger partial charge in [-0.1, -0.05) is 17.7 Å². The number of carbonyl (C=O) groups excluding carboxylic acids is 2. The summed E-state index contributed by atoms with van der Waals surface area (Å²) in [5.74, 6) is 0.627. The molecule has 1 aromatic carbocycles. The summed E-state index contributed by atoms with van der Waals surface area (Å²) in [4.78, 5) is 35.2. The average Bonchev–Trinajstić information content (AvgIpc) is 3.52. The molecule has 0 bridgehead atoms. The van der Waals surface area contributed by atoms with Crippen molar-refractivity contribution in [3.8, 4) is 0 Å². The van der Waals surface area contributed by atoms with E-state index in [1.165, 1.54) is 19.2 Å². The minimum atomic E-state index is -0.452. The number of amides is 2. The average molecular weight is 536 g/mol. The molecule has 1 saturated heterocycles. The molecule has 2 amide bonds. The van der Waals surface area contributed by atoms with Gasteiger partial charge in [0.2, 0.25) is 0 Å². The number of halogens is 2. The second kappa shape index (κ2) is 13.9. The number of ether oxygens (including phenoxy) is 1. The van der Waals surface area contributed by atoms with Gasteiger partial charge in [0.05, 0.1) is 30.3 Å². The van der Waals surface area contributed by atoms with E-state index >= 15 is 0 Å². The van der Waals surface area contributed by atoms with Crippen LogP contribution in [0, 0.1) is 5.82 Å². The molecule has 1 atom stereocenters. The number of carbonyl (C=O) groups is 2. The summed E-state index contributed by atoms with van der Waals surface area (Å²) in [6.07, 6.45) is 5.88. The summed E-state index contributed by atoms with van der Waals surface area (Å²) in [5, 5.41) is 9.31. The van der Waals surface area contributed by atoms with Gasteiger partial charge in [-0.25, -0.2) is 14.2 Å². The number of aryl methyl sites for hydroxylation is 1. The van der Waals surface area contributed by atoms with Crippen LogP contribution in [0.15, 0.2) is 52.1 Å². The molecule has 0 aliphatic carbocycles. The molecule has 0 spiro atoms. The van der Waals surface area contributed by atoms with Gasteiger partial charge in [-0.3, -0.25) is 9.79 Å². The molecule has 0 radical (unpaired) electrons. The van der Waals surface area contributed by atoms with Crippen LogP contribution in [0.1, 0.15) is 37.6 Å². The zero-order valence-corrected chi connectivity index (χ0v) is 22.0. The Morgan fingerprint density at radius 1 is 1.31 bits per heavy atom. The molecule has 194 valence electrons. The first-order valence-electron chi connectivity index (χ1n) is 11.9. The van der Waals surface area contributed by atoms with Crippen molar-refractivity contribution >= 4 is 40.8 Å². The molecule has 1 unspecified atom stereocenters. The Balaban J connectivity index is 0.000000383. The molecule has 11 heteroatoms. The first-order chi connectivity index (χ1) is 17.4. The third kappa shape index (κ3) is 8.03. The smallest absolute Gasteiger partial charge is 0.407 e. The van der Waals surface area contributed by atoms with Crippen LogP contribution >= 0.6 is 22.9 Å². The Bertz CT molecular complexity index is 1080. The van der Waals surface area contributed by atoms with E-state index in [1.807, 2.05) is 18.5 Å². The monoisotopic (exact) mass is 535 g/mol. The Hall–Kier alpha value is -2.98. The molecular formula is C25H31ClFN5O3S. The van der Waals surface area contributed by atoms with Gasteiger partial charge in [0.1, 0.15) is 11.7 Å². The fourth-order valence-electron chi connectivity index (χ4n) is 4.03. The van der Waals surface area contributed by atoms with Crippen LogP contribution in [0.25, 0.3) is 0 Å². The molecule has 2 aromatic rings. The summed E-state index contributed by atoms with van der Waals surface area (Å²) in [5.41, 5.74) is 1.67. The van der Waals surface area contributed by atoms with Gasteiger partial charge in [0.15, 0.2) is 0 Å². The molecular weight excluding hydrogens is 505 g/mol. The zero-order valence-electron chi connectivity index (χ0n) is 20.4. The maximum atomic E-state index is 12.4. The summed E-state index contributed by atoms with van der Waals surface area (Å²) in [6.45, 7) is 3.48. The van der Waals surface area contributed by atoms with Crippen LogP contribution in [-0.2, 0) is 16.0 Å². The Morgan fingerprint density at radius 2 is 2.11 bits per heavy atom. The number of benzene rings is 1. The minimum Gasteiger partial charge on any atom is -0.453 e. The lowest BCUT2D eigenvalue weighted by Crippen LogP contribution is -2.39. The number of methoxy groups -OCH3 is 1. The number of hydrogen-bond donors (Lipinski definition) is 2. The van der Waals surface area contributed by atoms with Gasteiger partial charge in [-0.05, 0) is 44.4 Å². The second-order valence-electron chi connectivity index (χ2n) is 8.24. The predicted octanol–water partition coefficient (Wildman–Crippen LogP) is 4.57. The van der Waals surface area contributed by atoms with Gasteiger partial charge in [-0.2, -0.15) is 0 Å². The molecule has 0 saturated carbocycles. The maximum Gasteiger partial charge on any atom is 0.407 e. The second-order valence-corrected chi connectivity index (χ2v) is 9.65. The molecule has 1 aromatic heterocycles. The van der Waals surface area contributed by atoms with E-state index in [4.69, 9.17) is 21.3 Å². The third-order valence-electron chi connectivity index (χ3n) is 5.68. The number of unbranched alkanes of at least 4 members (excludes halogenated alkanes) is 1. The topological polar surface area (TPSA) is 95.9 Å². The van der Waals surface area contributed by atoms with Crippen molar-refractivity contribution in [3.05, 3.63) is 63.0 Å². The summed E-state index contributed by atoms with van der Waals surface area (Å²) in [6, 6.07) is 5.72. The molecule has 2 aliphatic rings. The summed E-state index contributed by atoms with van der Waals surface area (Å²) >= 11 is 7.09. The highest BCUT2D eigenvalue weighted by Gasteiger charge is 2.36. The van der Waals surface area contributed by atoms with Gasteiger partial charge in [0, 0.05) is 48.2 Å². The lowest BCUT2D eigenvalue weighted by molar-refractivity contribution is -0.117. The van der Waals surface area contributed by atoms with Crippen LogP contribution < -0.4 is 10.6 Å². The standard InChI is InChI=1S/C19H27N5O3S.C6H4ClF/c1-3-20-18(25)14-11-22-16(6-4-5-7-17-21-8-9-28-17)24-12-13(10-15(14)24)23-19(26)27-2;7-5-2-1-3-6(8)4-5/h8-9,13H,3-7,10-12H2,1-2H3,(H,20,25)(H,23,26);1-4H. The number of alkyl carbamates (subject to hydrolysis) is 1. The van der Waals surface area contributed by atoms with Crippen LogP contribution in [0.2, 0.25) is 5.02 Å². The number of fused-ring (bicyclic) bond motifs is 1. The fourth-order valence-corrected chi connectivity index (χ4v) is 4.87. The normalized spacial score (nSPS) is 16.5. The Kier molecular flexibility index (Phi) is 10.7. The van der Waals surface area contributed by atoms with Gasteiger partial charge < -0.3 is 20.3 Å². The third-order valence-corrected chi connectivity index (χ3v) is 6.75. The van der Waals surface area contributed by atoms with E-state index in [1.54, 1.807) is 23.5 Å². The van der Waals surface area contributed by atoms with E-state index in [0.717, 1.165) is 42.2 Å². The number of hydrogen-bond acceptors (Lipinski definition) is 7. The van der Waals surface area contributed by atoms with Crippen LogP contribution in [0.3, 0.4) is 0 Å². The van der Waals surface area contributed by atoms with Gasteiger partial charge >= 0.3 is 6.09 Å². The van der Waals surface area contributed by atoms with Gasteiger partial charge in [-0.15, -0.1) is 11.3 Å². The molecule has 8 nitrogen and oxygen atoms in total. The first kappa shape index (κ1) is 27.6. The SMILES string of the molecule is CCNC(=O)C1=C2CC(NC(=O)OC)CN2C(CCCCc2nccs2)=NC1.Fc1cccc(Cl)c1. The number of aromatic nitrogens is 1. The predicted molar refractivity (Wildman–Crippen MR) is 140 cm³/mol. The molecule has 2 N–H and O–H groups in total. The number of amidine groups is 1. The van der Waals surface area contributed by atoms with E-state index in [2.05, 4.69) is 20.5 Å². The Labute approximate surface area is 219 Å². The number of aliphatic imine (C=N–C) groups is 1. The van der Waals surface area contributed by atoms with Crippen molar-refractivity contribution in [1.29, 1.82) is 0 Å². The van der Waals surface area contributed by atoms with Crippen LogP contribution in [-0.4, -0.2) is 60.5 Å². The molecule has 3 heterocycles. The number of nitrogens with one attached hydrogen (secondary N) is 2. The summed E-state index contributed by atoms with van der Waals surface area (Å²) < 4.78 is 16.8. The summed E-state index contributed by atoms with van der Waals surface area (Å²) in [7, 11) is 1.35. The molecule has 36 heavy (non-hydrogen) atoms. The minimum absolute atomic E-state index is 0.0761. The number of nitrogens with zero attached hydrogens (tertiary/aromatic N) is 3. The number of likely N-dealkylation sites (N-methyl/N-ethyl adjacent to an activating group) is 1. The zero-order chi connectivity index (χ0) is 25.9. The first-order valence-corrected chi connectivity index (χ1v) is 13.1. The largest absolute Gasteiger partial charge is 0.453 e. The van der Waals surface area contributed by atoms with Crippen molar-refractivity contribution in [3.63, 3.8) is 0 Å². The van der Waals surface area contributed by atoms with Crippen molar-refractivity contribution < 1.29 is 18.7 Å². The number of thiazole rings is 1. The van der Waals surface area contributed by atoms with Crippen molar-refractivity contribution in [2.75, 3.05) is 26.7 Å². The highest BCUT2D eigenvalue weighted by molar-refractivity contribution is 7.09. The van der Waals surface area contributed by atoms with E-state index in [0.29, 0.717) is 36.7 Å². The quantitative estimate of drug-likeness (QED) is 0.483. The molecule has 4 rings (SSSR count). The van der Waals surface area contributed by atoms with Crippen LogP contribution in [0.4, 0.5) is 9.18 Å². The van der Waals surface area contributed by atoms with Crippen molar-refractivity contribution in [1.82, 2.24) is 20.5 Å². The lowest BCUT2D eigenvalue weighted by Gasteiger charge is -2.28. The number of rotatable bonds is 8. The van der Waals surface area contributed by atoms with Gasteiger partial charge in [0.25, 0.3) is 5.91 Å². The Morgan fingerprint density at radius 3 is 2.75 bits per heavy atom. The van der Waals surface area contributed by atoms with E-state index in [9.17, 15) is 14.0 Å². The highest BCUT2D eigenvalue weighted by Crippen LogP contribution is 2.30. The maximum absolute atomic E-state index is 12.4. The van der Waals surface area contributed by atoms with E-state index in [-0.39, 0.29) is 17.8 Å².